The highest BCUT2D eigenvalue weighted by molar-refractivity contribution is 5.63. The number of fused-ring (bicyclic) bond motifs is 1. The van der Waals surface area contributed by atoms with Gasteiger partial charge in [-0.1, -0.05) is 18.6 Å². The van der Waals surface area contributed by atoms with Gasteiger partial charge in [0, 0.05) is 38.0 Å². The third kappa shape index (κ3) is 3.10. The van der Waals surface area contributed by atoms with E-state index in [1.807, 2.05) is 12.1 Å². The third-order valence-corrected chi connectivity index (χ3v) is 5.34. The van der Waals surface area contributed by atoms with Crippen LogP contribution in [0.2, 0.25) is 0 Å². The Hall–Kier alpha value is -2.44. The Bertz CT molecular complexity index is 773. The molecule has 1 aromatic heterocycles. The monoisotopic (exact) mass is 341 g/mol. The first-order valence-corrected chi connectivity index (χ1v) is 9.14. The zero-order valence-electron chi connectivity index (χ0n) is 14.3. The molecule has 2 aliphatic heterocycles. The average molecular weight is 341 g/mol. The summed E-state index contributed by atoms with van der Waals surface area (Å²) in [4.78, 5) is 13.2. The molecule has 132 valence electrons. The molecule has 1 saturated heterocycles. The van der Waals surface area contributed by atoms with Gasteiger partial charge >= 0.3 is 0 Å². The van der Waals surface area contributed by atoms with Crippen LogP contribution < -0.4 is 4.90 Å². The largest absolute Gasteiger partial charge is 0.365 e. The molecule has 2 aliphatic rings. The number of nitro groups is 1. The molecule has 1 atom stereocenters. The second kappa shape index (κ2) is 6.82. The van der Waals surface area contributed by atoms with Crippen LogP contribution in [0.25, 0.3) is 0 Å². The van der Waals surface area contributed by atoms with Gasteiger partial charge in [-0.25, -0.2) is 0 Å². The fourth-order valence-electron chi connectivity index (χ4n) is 4.10. The third-order valence-electron chi connectivity index (χ3n) is 5.34. The zero-order chi connectivity index (χ0) is 17.2. The Morgan fingerprint density at radius 3 is 2.84 bits per heavy atom. The molecule has 1 fully saturated rings. The molecule has 2 aromatic rings. The summed E-state index contributed by atoms with van der Waals surface area (Å²) in [5.74, 6) is 2.46. The number of hydrogen-bond donors (Lipinski definition) is 0. The molecule has 25 heavy (non-hydrogen) atoms. The standard InChI is InChI=1S/C18H23N5O2/c24-23(25)16-9-4-3-8-15(16)21-11-6-7-14(13-21)18-20-19-17-10-2-1-5-12-22(17)18/h3-4,8-9,14H,1-2,5-7,10-13H2. The number of piperidine rings is 1. The zero-order valence-corrected chi connectivity index (χ0v) is 14.3. The minimum absolute atomic E-state index is 0.184. The second-order valence-corrected chi connectivity index (χ2v) is 6.97. The summed E-state index contributed by atoms with van der Waals surface area (Å²) < 4.78 is 2.31. The van der Waals surface area contributed by atoms with Crippen LogP contribution in [0.5, 0.6) is 0 Å². The highest BCUT2D eigenvalue weighted by Gasteiger charge is 2.29. The topological polar surface area (TPSA) is 77.1 Å². The number of anilines is 1. The SMILES string of the molecule is O=[N+]([O-])c1ccccc1N1CCCC(c2nnc3n2CCCCC3)C1. The van der Waals surface area contributed by atoms with Gasteiger partial charge in [-0.15, -0.1) is 10.2 Å². The number of nitrogens with zero attached hydrogens (tertiary/aromatic N) is 5. The van der Waals surface area contributed by atoms with Crippen LogP contribution >= 0.6 is 0 Å². The van der Waals surface area contributed by atoms with Gasteiger partial charge in [-0.05, 0) is 31.7 Å². The van der Waals surface area contributed by atoms with Crippen LogP contribution in [0.15, 0.2) is 24.3 Å². The van der Waals surface area contributed by atoms with E-state index in [4.69, 9.17) is 0 Å². The number of aromatic nitrogens is 3. The van der Waals surface area contributed by atoms with Crippen molar-refractivity contribution >= 4 is 11.4 Å². The van der Waals surface area contributed by atoms with Crippen molar-refractivity contribution in [3.8, 4) is 0 Å². The lowest BCUT2D eigenvalue weighted by atomic mass is 9.96. The Balaban J connectivity index is 1.60. The number of nitro benzene ring substituents is 1. The van der Waals surface area contributed by atoms with E-state index in [1.165, 1.54) is 19.3 Å². The molecule has 1 unspecified atom stereocenters. The van der Waals surface area contributed by atoms with Gasteiger partial charge in [0.1, 0.15) is 17.3 Å². The van der Waals surface area contributed by atoms with Gasteiger partial charge in [-0.2, -0.15) is 0 Å². The molecule has 0 spiro atoms. The fourth-order valence-corrected chi connectivity index (χ4v) is 4.10. The average Bonchev–Trinajstić information content (AvgIpc) is 2.90. The Labute approximate surface area is 146 Å². The number of rotatable bonds is 3. The minimum atomic E-state index is -0.290. The Kier molecular flexibility index (Phi) is 4.38. The minimum Gasteiger partial charge on any atom is -0.365 e. The molecule has 1 aromatic carbocycles. The van der Waals surface area contributed by atoms with Crippen molar-refractivity contribution in [1.82, 2.24) is 14.8 Å². The van der Waals surface area contributed by atoms with Crippen molar-refractivity contribution < 1.29 is 4.92 Å². The van der Waals surface area contributed by atoms with Crippen LogP contribution in [0, 0.1) is 10.1 Å². The van der Waals surface area contributed by atoms with E-state index in [1.54, 1.807) is 12.1 Å². The summed E-state index contributed by atoms with van der Waals surface area (Å²) in [6, 6.07) is 7.03. The van der Waals surface area contributed by atoms with Crippen molar-refractivity contribution in [2.24, 2.45) is 0 Å². The van der Waals surface area contributed by atoms with Crippen LogP contribution in [-0.2, 0) is 13.0 Å². The highest BCUT2D eigenvalue weighted by Crippen LogP contribution is 2.34. The fraction of sp³-hybridized carbons (Fsp3) is 0.556. The van der Waals surface area contributed by atoms with E-state index in [-0.39, 0.29) is 16.5 Å². The molecule has 4 rings (SSSR count). The van der Waals surface area contributed by atoms with Gasteiger partial charge in [0.2, 0.25) is 0 Å². The molecule has 0 radical (unpaired) electrons. The quantitative estimate of drug-likeness (QED) is 0.632. The molecule has 0 aliphatic carbocycles. The summed E-state index contributed by atoms with van der Waals surface area (Å²) >= 11 is 0. The second-order valence-electron chi connectivity index (χ2n) is 6.97. The van der Waals surface area contributed by atoms with Crippen LogP contribution in [-0.4, -0.2) is 32.8 Å². The molecule has 7 nitrogen and oxygen atoms in total. The number of para-hydroxylation sites is 2. The van der Waals surface area contributed by atoms with Gasteiger partial charge in [0.15, 0.2) is 0 Å². The maximum Gasteiger partial charge on any atom is 0.292 e. The van der Waals surface area contributed by atoms with Crippen molar-refractivity contribution in [2.75, 3.05) is 18.0 Å². The summed E-state index contributed by atoms with van der Waals surface area (Å²) in [6.45, 7) is 2.62. The van der Waals surface area contributed by atoms with Gasteiger partial charge in [0.25, 0.3) is 5.69 Å². The van der Waals surface area contributed by atoms with E-state index in [9.17, 15) is 10.1 Å². The van der Waals surface area contributed by atoms with E-state index in [2.05, 4.69) is 19.7 Å². The summed E-state index contributed by atoms with van der Waals surface area (Å²) in [6.07, 6.45) is 6.70. The predicted octanol–water partition coefficient (Wildman–Crippen LogP) is 3.30. The molecular formula is C18H23N5O2. The van der Waals surface area contributed by atoms with Crippen molar-refractivity contribution in [1.29, 1.82) is 0 Å². The maximum atomic E-state index is 11.4. The van der Waals surface area contributed by atoms with Crippen LogP contribution in [0.1, 0.15) is 49.7 Å². The van der Waals surface area contributed by atoms with Gasteiger partial charge in [-0.3, -0.25) is 10.1 Å². The molecule has 3 heterocycles. The van der Waals surface area contributed by atoms with Crippen molar-refractivity contribution in [3.63, 3.8) is 0 Å². The molecule has 0 saturated carbocycles. The maximum absolute atomic E-state index is 11.4. The first-order chi connectivity index (χ1) is 12.2. The summed E-state index contributed by atoms with van der Waals surface area (Å²) in [5.41, 5.74) is 0.899. The Morgan fingerprint density at radius 2 is 1.96 bits per heavy atom. The van der Waals surface area contributed by atoms with E-state index >= 15 is 0 Å². The van der Waals surface area contributed by atoms with Crippen molar-refractivity contribution in [2.45, 2.75) is 51.0 Å². The normalized spacial score (nSPS) is 20.8. The summed E-state index contributed by atoms with van der Waals surface area (Å²) in [5, 5.41) is 20.3. The number of hydrogen-bond acceptors (Lipinski definition) is 5. The number of aryl methyl sites for hydroxylation is 1. The van der Waals surface area contributed by atoms with E-state index in [0.717, 1.165) is 50.5 Å². The van der Waals surface area contributed by atoms with E-state index < -0.39 is 0 Å². The molecular weight excluding hydrogens is 318 g/mol. The number of benzene rings is 1. The smallest absolute Gasteiger partial charge is 0.292 e. The van der Waals surface area contributed by atoms with Crippen LogP contribution in [0.3, 0.4) is 0 Å². The van der Waals surface area contributed by atoms with Crippen molar-refractivity contribution in [3.05, 3.63) is 46.0 Å². The molecule has 0 N–H and O–H groups in total. The lowest BCUT2D eigenvalue weighted by molar-refractivity contribution is -0.384. The molecule has 0 bridgehead atoms. The first-order valence-electron chi connectivity index (χ1n) is 9.14. The lowest BCUT2D eigenvalue weighted by Crippen LogP contribution is -2.35. The van der Waals surface area contributed by atoms with E-state index in [0.29, 0.717) is 5.69 Å². The lowest BCUT2D eigenvalue weighted by Gasteiger charge is -2.33. The first kappa shape index (κ1) is 16.1. The molecule has 0 amide bonds. The summed E-state index contributed by atoms with van der Waals surface area (Å²) in [7, 11) is 0. The highest BCUT2D eigenvalue weighted by atomic mass is 16.6. The molecule has 7 heteroatoms. The van der Waals surface area contributed by atoms with Crippen LogP contribution in [0.4, 0.5) is 11.4 Å². The predicted molar refractivity (Wildman–Crippen MR) is 94.9 cm³/mol. The van der Waals surface area contributed by atoms with Gasteiger partial charge in [0.05, 0.1) is 4.92 Å². The Morgan fingerprint density at radius 1 is 1.08 bits per heavy atom. The van der Waals surface area contributed by atoms with Gasteiger partial charge < -0.3 is 9.47 Å².